The van der Waals surface area contributed by atoms with Crippen molar-refractivity contribution in [3.8, 4) is 11.5 Å². The van der Waals surface area contributed by atoms with E-state index < -0.39 is 9.84 Å². The van der Waals surface area contributed by atoms with Crippen LogP contribution >= 0.6 is 0 Å². The normalized spacial score (nSPS) is 12.1. The zero-order valence-corrected chi connectivity index (χ0v) is 17.2. The van der Waals surface area contributed by atoms with Gasteiger partial charge in [-0.05, 0) is 42.5 Å². The van der Waals surface area contributed by atoms with Crippen LogP contribution in [0.25, 0.3) is 11.0 Å². The third-order valence-corrected chi connectivity index (χ3v) is 6.32. The second kappa shape index (κ2) is 8.04. The molecule has 4 aromatic rings. The van der Waals surface area contributed by atoms with Gasteiger partial charge in [0.05, 0.1) is 24.8 Å². The maximum Gasteiger partial charge on any atom is 0.239 e. The third-order valence-electron chi connectivity index (χ3n) is 4.55. The fourth-order valence-electron chi connectivity index (χ4n) is 3.00. The van der Waals surface area contributed by atoms with Crippen LogP contribution in [0, 0.1) is 0 Å². The maximum absolute atomic E-state index is 13.4. The minimum absolute atomic E-state index is 0.0193. The Kier molecular flexibility index (Phi) is 5.29. The Morgan fingerprint density at radius 2 is 1.53 bits per heavy atom. The highest BCUT2D eigenvalue weighted by Crippen LogP contribution is 2.26. The molecule has 0 atom stereocenters. The van der Waals surface area contributed by atoms with Gasteiger partial charge in [-0.3, -0.25) is 0 Å². The van der Waals surface area contributed by atoms with Crippen molar-refractivity contribution in [1.82, 2.24) is 0 Å². The highest BCUT2D eigenvalue weighted by molar-refractivity contribution is 7.91. The summed E-state index contributed by atoms with van der Waals surface area (Å²) in [5.74, 6) is 1.20. The Labute approximate surface area is 174 Å². The largest absolute Gasteiger partial charge is 0.497 e. The highest BCUT2D eigenvalue weighted by Gasteiger charge is 2.22. The second-order valence-corrected chi connectivity index (χ2v) is 8.37. The molecule has 3 aromatic carbocycles. The van der Waals surface area contributed by atoms with Gasteiger partial charge in [0.25, 0.3) is 0 Å². The number of hydrogen-bond donors (Lipinski definition) is 0. The Bertz CT molecular complexity index is 1380. The van der Waals surface area contributed by atoms with Crippen molar-refractivity contribution in [3.63, 3.8) is 0 Å². The summed E-state index contributed by atoms with van der Waals surface area (Å²) in [4.78, 5) is 4.62. The quantitative estimate of drug-likeness (QED) is 0.474. The number of nitrogens with zero attached hydrogens (tertiary/aromatic N) is 1. The molecule has 7 heteroatoms. The van der Waals surface area contributed by atoms with Gasteiger partial charge in [0, 0.05) is 17.5 Å². The minimum Gasteiger partial charge on any atom is -0.497 e. The van der Waals surface area contributed by atoms with Crippen molar-refractivity contribution in [3.05, 3.63) is 84.4 Å². The molecule has 152 valence electrons. The van der Waals surface area contributed by atoms with Gasteiger partial charge < -0.3 is 13.9 Å². The van der Waals surface area contributed by atoms with Gasteiger partial charge in [0.15, 0.2) is 0 Å². The lowest BCUT2D eigenvalue weighted by molar-refractivity contribution is 0.413. The lowest BCUT2D eigenvalue weighted by atomic mass is 10.2. The topological polar surface area (TPSA) is 78.1 Å². The predicted molar refractivity (Wildman–Crippen MR) is 113 cm³/mol. The van der Waals surface area contributed by atoms with Crippen LogP contribution in [0.3, 0.4) is 0 Å². The molecule has 0 fully saturated rings. The van der Waals surface area contributed by atoms with Crippen LogP contribution in [0.4, 0.5) is 5.69 Å². The zero-order chi connectivity index (χ0) is 21.1. The van der Waals surface area contributed by atoms with Gasteiger partial charge in [-0.15, -0.1) is 0 Å². The number of methoxy groups -OCH3 is 2. The van der Waals surface area contributed by atoms with Crippen LogP contribution in [-0.2, 0) is 9.84 Å². The van der Waals surface area contributed by atoms with Crippen molar-refractivity contribution in [2.75, 3.05) is 14.2 Å². The molecule has 6 nitrogen and oxygen atoms in total. The Balaban J connectivity index is 2.02. The molecule has 0 aliphatic rings. The van der Waals surface area contributed by atoms with Crippen LogP contribution < -0.4 is 15.0 Å². The summed E-state index contributed by atoms with van der Waals surface area (Å²) in [7, 11) is -0.757. The van der Waals surface area contributed by atoms with E-state index in [9.17, 15) is 8.42 Å². The summed E-state index contributed by atoms with van der Waals surface area (Å²) in [6.45, 7) is 0. The molecule has 0 N–H and O–H groups in total. The number of fused-ring (bicyclic) bond motifs is 1. The zero-order valence-electron chi connectivity index (χ0n) is 16.4. The third kappa shape index (κ3) is 3.79. The molecule has 4 rings (SSSR count). The van der Waals surface area contributed by atoms with Crippen LogP contribution in [0.5, 0.6) is 11.5 Å². The van der Waals surface area contributed by atoms with Gasteiger partial charge in [-0.2, -0.15) is 0 Å². The van der Waals surface area contributed by atoms with E-state index in [0.29, 0.717) is 28.2 Å². The number of ether oxygens (including phenoxy) is 2. The summed E-state index contributed by atoms with van der Waals surface area (Å²) in [5.41, 5.74) is 0.945. The Morgan fingerprint density at radius 3 is 2.27 bits per heavy atom. The molecule has 0 amide bonds. The number of benzene rings is 3. The van der Waals surface area contributed by atoms with E-state index in [1.165, 1.54) is 0 Å². The molecule has 1 aromatic heterocycles. The lowest BCUT2D eigenvalue weighted by Gasteiger charge is -2.08. The van der Waals surface area contributed by atoms with Gasteiger partial charge >= 0.3 is 0 Å². The second-order valence-electron chi connectivity index (χ2n) is 6.45. The van der Waals surface area contributed by atoms with Crippen molar-refractivity contribution in [2.45, 2.75) is 9.79 Å². The predicted octanol–water partition coefficient (Wildman–Crippen LogP) is 4.52. The summed E-state index contributed by atoms with van der Waals surface area (Å²) >= 11 is 0. The van der Waals surface area contributed by atoms with Crippen LogP contribution in [0.2, 0.25) is 0 Å². The molecule has 0 unspecified atom stereocenters. The highest BCUT2D eigenvalue weighted by atomic mass is 32.2. The summed E-state index contributed by atoms with van der Waals surface area (Å²) < 4.78 is 43.2. The molecule has 0 saturated carbocycles. The van der Waals surface area contributed by atoms with Crippen molar-refractivity contribution in [2.24, 2.45) is 4.99 Å². The molecule has 0 saturated heterocycles. The van der Waals surface area contributed by atoms with E-state index in [4.69, 9.17) is 13.9 Å². The average Bonchev–Trinajstić information content (AvgIpc) is 2.78. The van der Waals surface area contributed by atoms with Gasteiger partial charge in [0.2, 0.25) is 15.4 Å². The smallest absolute Gasteiger partial charge is 0.239 e. The van der Waals surface area contributed by atoms with Crippen molar-refractivity contribution < 1.29 is 22.3 Å². The van der Waals surface area contributed by atoms with E-state index in [0.717, 1.165) is 0 Å². The van der Waals surface area contributed by atoms with Crippen LogP contribution in [0.15, 0.2) is 98.1 Å². The first-order valence-corrected chi connectivity index (χ1v) is 10.6. The van der Waals surface area contributed by atoms with Gasteiger partial charge in [0.1, 0.15) is 22.0 Å². The standard InChI is InChI=1S/C23H19NO5S/c1-27-18-8-6-7-17(14-18)24-23-22(30(25,26)20-9-4-3-5-10-20)13-16-11-12-19(28-2)15-21(16)29-23/h3-15H,1-2H3. The molecule has 0 aliphatic carbocycles. The molecular weight excluding hydrogens is 402 g/mol. The Morgan fingerprint density at radius 1 is 0.800 bits per heavy atom. The fourth-order valence-corrected chi connectivity index (χ4v) is 4.37. The van der Waals surface area contributed by atoms with Crippen molar-refractivity contribution >= 4 is 26.5 Å². The first-order valence-electron chi connectivity index (χ1n) is 9.12. The van der Waals surface area contributed by atoms with E-state index in [2.05, 4.69) is 4.99 Å². The van der Waals surface area contributed by atoms with Crippen molar-refractivity contribution in [1.29, 1.82) is 0 Å². The van der Waals surface area contributed by atoms with E-state index >= 15 is 0 Å². The molecule has 0 aliphatic heterocycles. The summed E-state index contributed by atoms with van der Waals surface area (Å²) in [5, 5.41) is 0.620. The maximum atomic E-state index is 13.4. The van der Waals surface area contributed by atoms with Gasteiger partial charge in [-0.25, -0.2) is 13.4 Å². The number of hydrogen-bond acceptors (Lipinski definition) is 6. The van der Waals surface area contributed by atoms with Crippen LogP contribution in [-0.4, -0.2) is 22.6 Å². The van der Waals surface area contributed by atoms with Crippen LogP contribution in [0.1, 0.15) is 0 Å². The molecule has 0 radical (unpaired) electrons. The molecule has 0 spiro atoms. The SMILES string of the molecule is COc1cccc(N=c2oc3cc(OC)ccc3cc2S(=O)(=O)c2ccccc2)c1. The monoisotopic (exact) mass is 421 g/mol. The minimum atomic E-state index is -3.86. The van der Waals surface area contributed by atoms with Gasteiger partial charge in [-0.1, -0.05) is 24.3 Å². The first-order chi connectivity index (χ1) is 14.5. The average molecular weight is 421 g/mol. The number of rotatable bonds is 5. The molecule has 30 heavy (non-hydrogen) atoms. The van der Waals surface area contributed by atoms with E-state index in [1.807, 2.05) is 0 Å². The fraction of sp³-hybridized carbons (Fsp3) is 0.0870. The van der Waals surface area contributed by atoms with E-state index in [1.54, 1.807) is 93.1 Å². The Hall–Kier alpha value is -3.58. The molecule has 0 bridgehead atoms. The van der Waals surface area contributed by atoms with E-state index in [-0.39, 0.29) is 15.3 Å². The summed E-state index contributed by atoms with van der Waals surface area (Å²) in [6.07, 6.45) is 0. The molecular formula is C23H19NO5S. The first kappa shape index (κ1) is 19.7. The molecule has 1 heterocycles. The number of sulfone groups is 1. The summed E-state index contributed by atoms with van der Waals surface area (Å²) in [6, 6.07) is 21.9. The lowest BCUT2D eigenvalue weighted by Crippen LogP contribution is -2.15.